The first kappa shape index (κ1) is 19.3. The Morgan fingerprint density at radius 1 is 0.708 bits per heavy atom. The van der Waals surface area contributed by atoms with Gasteiger partial charge in [0.1, 0.15) is 4.33 Å². The summed E-state index contributed by atoms with van der Waals surface area (Å²) in [6.45, 7) is 4.61. The summed E-state index contributed by atoms with van der Waals surface area (Å²) in [7, 11) is 0. The molecule has 0 saturated heterocycles. The highest BCUT2D eigenvalue weighted by Crippen LogP contribution is 2.76. The summed E-state index contributed by atoms with van der Waals surface area (Å²) in [5.74, 6) is 1.89. The summed E-state index contributed by atoms with van der Waals surface area (Å²) in [5.41, 5.74) is 0.518. The molecule has 0 atom stereocenters. The Bertz CT molecular complexity index is 398. The van der Waals surface area contributed by atoms with Crippen molar-refractivity contribution in [1.29, 1.82) is 0 Å². The van der Waals surface area contributed by atoms with E-state index in [1.54, 1.807) is 0 Å². The van der Waals surface area contributed by atoms with Gasteiger partial charge >= 0.3 is 0 Å². The van der Waals surface area contributed by atoms with Crippen molar-refractivity contribution in [2.75, 3.05) is 0 Å². The Morgan fingerprint density at radius 3 is 1.62 bits per heavy atom. The van der Waals surface area contributed by atoms with Gasteiger partial charge in [-0.2, -0.15) is 0 Å². The van der Waals surface area contributed by atoms with E-state index in [0.29, 0.717) is 0 Å². The zero-order valence-corrected chi connectivity index (χ0v) is 17.5. The Labute approximate surface area is 160 Å². The molecule has 0 radical (unpaired) electrons. The third-order valence-electron chi connectivity index (χ3n) is 8.05. The normalized spacial score (nSPS) is 41.5. The van der Waals surface area contributed by atoms with Gasteiger partial charge in [0.25, 0.3) is 0 Å². The standard InChI is InChI=1S/C22H38Cl2/c1-3-5-6-8-19-11-15-21(16-12-19)17-20(22(21,23)24)13-9-18(7-4-2)10-14-20/h18-19H,3-17H2,1-2H3/t18-,19?,20-,21-. The molecule has 0 aromatic carbocycles. The third kappa shape index (κ3) is 3.28. The lowest BCUT2D eigenvalue weighted by Gasteiger charge is -2.69. The quantitative estimate of drug-likeness (QED) is 0.324. The van der Waals surface area contributed by atoms with Crippen molar-refractivity contribution in [3.05, 3.63) is 0 Å². The average molecular weight is 373 g/mol. The Hall–Kier alpha value is 0.580. The smallest absolute Gasteiger partial charge is 0.100 e. The van der Waals surface area contributed by atoms with Crippen LogP contribution >= 0.6 is 23.2 Å². The lowest BCUT2D eigenvalue weighted by Crippen LogP contribution is -2.66. The van der Waals surface area contributed by atoms with Crippen molar-refractivity contribution in [3.63, 3.8) is 0 Å². The Morgan fingerprint density at radius 2 is 1.21 bits per heavy atom. The second-order valence-electron chi connectivity index (χ2n) is 9.48. The van der Waals surface area contributed by atoms with Crippen molar-refractivity contribution in [2.45, 2.75) is 114 Å². The van der Waals surface area contributed by atoms with E-state index in [1.165, 1.54) is 96.3 Å². The van der Waals surface area contributed by atoms with Crippen LogP contribution in [0.4, 0.5) is 0 Å². The molecular formula is C22H38Cl2. The molecular weight excluding hydrogens is 335 g/mol. The van der Waals surface area contributed by atoms with Crippen molar-refractivity contribution in [3.8, 4) is 0 Å². The van der Waals surface area contributed by atoms with E-state index in [1.807, 2.05) is 0 Å². The van der Waals surface area contributed by atoms with Crippen LogP contribution in [0.25, 0.3) is 0 Å². The molecule has 2 spiro atoms. The van der Waals surface area contributed by atoms with Gasteiger partial charge in [-0.05, 0) is 69.6 Å². The molecule has 0 aliphatic heterocycles. The van der Waals surface area contributed by atoms with Crippen LogP contribution in [0.1, 0.15) is 110 Å². The van der Waals surface area contributed by atoms with Crippen LogP contribution < -0.4 is 0 Å². The second kappa shape index (κ2) is 7.67. The highest BCUT2D eigenvalue weighted by atomic mass is 35.5. The molecule has 0 aromatic heterocycles. The van der Waals surface area contributed by atoms with E-state index >= 15 is 0 Å². The highest BCUT2D eigenvalue weighted by Gasteiger charge is 2.72. The van der Waals surface area contributed by atoms with Gasteiger partial charge in [-0.3, -0.25) is 0 Å². The fourth-order valence-corrected chi connectivity index (χ4v) is 7.46. The molecule has 0 N–H and O–H groups in total. The lowest BCUT2D eigenvalue weighted by molar-refractivity contribution is -0.115. The lowest BCUT2D eigenvalue weighted by atomic mass is 9.43. The van der Waals surface area contributed by atoms with Gasteiger partial charge in [0.15, 0.2) is 0 Å². The van der Waals surface area contributed by atoms with Gasteiger partial charge < -0.3 is 0 Å². The van der Waals surface area contributed by atoms with E-state index in [0.717, 1.165) is 11.8 Å². The summed E-state index contributed by atoms with van der Waals surface area (Å²) in [6.07, 6.45) is 20.3. The van der Waals surface area contributed by atoms with E-state index in [-0.39, 0.29) is 10.8 Å². The van der Waals surface area contributed by atoms with Crippen LogP contribution in [-0.2, 0) is 0 Å². The SMILES string of the molecule is CCCCCC1CC[C@]2(CC1)C[C@@]1(CC[C@H](CCC)CC1)C2(Cl)Cl. The third-order valence-corrected chi connectivity index (χ3v) is 9.65. The van der Waals surface area contributed by atoms with Crippen LogP contribution in [0.5, 0.6) is 0 Å². The molecule has 2 heteroatoms. The molecule has 0 amide bonds. The molecule has 0 aromatic rings. The zero-order chi connectivity index (χ0) is 17.3. The van der Waals surface area contributed by atoms with Crippen LogP contribution in [0.3, 0.4) is 0 Å². The highest BCUT2D eigenvalue weighted by molar-refractivity contribution is 6.50. The predicted octanol–water partition coefficient (Wildman–Crippen LogP) is 8.30. The molecule has 140 valence electrons. The van der Waals surface area contributed by atoms with Crippen LogP contribution in [0, 0.1) is 22.7 Å². The fraction of sp³-hybridized carbons (Fsp3) is 1.00. The molecule has 3 rings (SSSR count). The number of hydrogen-bond acceptors (Lipinski definition) is 0. The van der Waals surface area contributed by atoms with E-state index in [9.17, 15) is 0 Å². The van der Waals surface area contributed by atoms with Gasteiger partial charge in [0.2, 0.25) is 0 Å². The number of hydrogen-bond donors (Lipinski definition) is 0. The summed E-state index contributed by atoms with van der Waals surface area (Å²) in [4.78, 5) is 0. The van der Waals surface area contributed by atoms with E-state index in [4.69, 9.17) is 23.2 Å². The number of unbranched alkanes of at least 4 members (excludes halogenated alkanes) is 2. The fourth-order valence-electron chi connectivity index (χ4n) is 6.44. The molecule has 0 nitrogen and oxygen atoms in total. The molecule has 0 heterocycles. The molecule has 24 heavy (non-hydrogen) atoms. The average Bonchev–Trinajstić information content (AvgIpc) is 2.58. The van der Waals surface area contributed by atoms with Crippen molar-refractivity contribution in [2.24, 2.45) is 22.7 Å². The first-order valence-corrected chi connectivity index (χ1v) is 11.6. The maximum Gasteiger partial charge on any atom is 0.129 e. The van der Waals surface area contributed by atoms with Gasteiger partial charge in [-0.15, -0.1) is 23.2 Å². The minimum Gasteiger partial charge on any atom is -0.100 e. The first-order valence-electron chi connectivity index (χ1n) is 10.9. The summed E-state index contributed by atoms with van der Waals surface area (Å²) >= 11 is 14.3. The first-order chi connectivity index (χ1) is 11.5. The monoisotopic (exact) mass is 372 g/mol. The van der Waals surface area contributed by atoms with Gasteiger partial charge in [0, 0.05) is 10.8 Å². The number of alkyl halides is 2. The number of rotatable bonds is 6. The van der Waals surface area contributed by atoms with Gasteiger partial charge in [-0.25, -0.2) is 0 Å². The summed E-state index contributed by atoms with van der Waals surface area (Å²) in [6, 6.07) is 0. The maximum atomic E-state index is 7.14. The van der Waals surface area contributed by atoms with Crippen molar-refractivity contribution >= 4 is 23.2 Å². The largest absolute Gasteiger partial charge is 0.129 e. The van der Waals surface area contributed by atoms with Crippen LogP contribution in [-0.4, -0.2) is 4.33 Å². The van der Waals surface area contributed by atoms with E-state index in [2.05, 4.69) is 13.8 Å². The van der Waals surface area contributed by atoms with Crippen LogP contribution in [0.2, 0.25) is 0 Å². The number of halogens is 2. The maximum absolute atomic E-state index is 7.14. The van der Waals surface area contributed by atoms with Crippen molar-refractivity contribution in [1.82, 2.24) is 0 Å². The minimum absolute atomic E-state index is 0.259. The van der Waals surface area contributed by atoms with E-state index < -0.39 is 4.33 Å². The topological polar surface area (TPSA) is 0 Å². The Balaban J connectivity index is 1.53. The van der Waals surface area contributed by atoms with Crippen LogP contribution in [0.15, 0.2) is 0 Å². The minimum atomic E-state index is -0.439. The van der Waals surface area contributed by atoms with Gasteiger partial charge in [-0.1, -0.05) is 52.4 Å². The molecule has 3 fully saturated rings. The summed E-state index contributed by atoms with van der Waals surface area (Å²) in [5, 5.41) is 0. The molecule has 3 aliphatic rings. The second-order valence-corrected chi connectivity index (χ2v) is 10.8. The Kier molecular flexibility index (Phi) is 6.19. The molecule has 3 aliphatic carbocycles. The summed E-state index contributed by atoms with van der Waals surface area (Å²) < 4.78 is -0.439. The molecule has 3 saturated carbocycles. The van der Waals surface area contributed by atoms with Gasteiger partial charge in [0.05, 0.1) is 0 Å². The molecule has 0 bridgehead atoms. The zero-order valence-electron chi connectivity index (χ0n) is 16.0. The van der Waals surface area contributed by atoms with Crippen molar-refractivity contribution < 1.29 is 0 Å². The predicted molar refractivity (Wildman–Crippen MR) is 107 cm³/mol. The molecule has 0 unspecified atom stereocenters.